The zero-order chi connectivity index (χ0) is 24.8. The van der Waals surface area contributed by atoms with E-state index < -0.39 is 23.2 Å². The molecule has 0 amide bonds. The second kappa shape index (κ2) is 12.0. The number of fused-ring (bicyclic) bond motifs is 1. The van der Waals surface area contributed by atoms with E-state index in [9.17, 15) is 8.78 Å². The molecule has 0 saturated heterocycles. The van der Waals surface area contributed by atoms with Crippen LogP contribution in [0.4, 0.5) is 13.2 Å². The van der Waals surface area contributed by atoms with Gasteiger partial charge in [-0.05, 0) is 112 Å². The monoisotopic (exact) mass is 482 g/mol. The van der Waals surface area contributed by atoms with Crippen LogP contribution in [0, 0.1) is 35.2 Å². The number of ether oxygens (including phenoxy) is 1. The fraction of sp³-hybridized carbons (Fsp3) is 0.484. The van der Waals surface area contributed by atoms with Crippen LogP contribution >= 0.6 is 0 Å². The molecule has 0 aliphatic heterocycles. The van der Waals surface area contributed by atoms with Crippen molar-refractivity contribution in [3.8, 4) is 16.9 Å². The second-order valence-electron chi connectivity index (χ2n) is 10.2. The zero-order valence-corrected chi connectivity index (χ0v) is 20.9. The van der Waals surface area contributed by atoms with E-state index in [1.807, 2.05) is 6.07 Å². The number of hydrogen-bond donors (Lipinski definition) is 0. The summed E-state index contributed by atoms with van der Waals surface area (Å²) in [4.78, 5) is 0. The van der Waals surface area contributed by atoms with E-state index in [-0.39, 0.29) is 17.7 Å². The van der Waals surface area contributed by atoms with Gasteiger partial charge in [-0.15, -0.1) is 0 Å². The van der Waals surface area contributed by atoms with E-state index in [0.717, 1.165) is 48.3 Å². The summed E-state index contributed by atoms with van der Waals surface area (Å²) in [6.45, 7) is 3.96. The van der Waals surface area contributed by atoms with Crippen LogP contribution in [0.15, 0.2) is 54.6 Å². The highest BCUT2D eigenvalue weighted by molar-refractivity contribution is 5.66. The van der Waals surface area contributed by atoms with E-state index >= 15 is 4.39 Å². The van der Waals surface area contributed by atoms with Crippen LogP contribution in [0.2, 0.25) is 0 Å². The van der Waals surface area contributed by atoms with Gasteiger partial charge in [0.25, 0.3) is 0 Å². The first kappa shape index (κ1) is 25.6. The number of allylic oxidation sites excluding steroid dienone is 3. The predicted octanol–water partition coefficient (Wildman–Crippen LogP) is 9.38. The number of hydrogen-bond acceptors (Lipinski definition) is 1. The summed E-state index contributed by atoms with van der Waals surface area (Å²) in [6, 6.07) is 7.48. The molecule has 0 bridgehead atoms. The summed E-state index contributed by atoms with van der Waals surface area (Å²) in [6.07, 6.45) is 17.7. The van der Waals surface area contributed by atoms with Crippen LogP contribution in [0.3, 0.4) is 0 Å². The first-order valence-electron chi connectivity index (χ1n) is 13.1. The van der Waals surface area contributed by atoms with Crippen molar-refractivity contribution in [1.29, 1.82) is 0 Å². The molecule has 4 atom stereocenters. The highest BCUT2D eigenvalue weighted by Gasteiger charge is 2.36. The lowest BCUT2D eigenvalue weighted by molar-refractivity contribution is 0.115. The minimum Gasteiger partial charge on any atom is -0.483 e. The van der Waals surface area contributed by atoms with Gasteiger partial charge in [0.05, 0.1) is 0 Å². The molecule has 0 N–H and O–H groups in total. The van der Waals surface area contributed by atoms with Gasteiger partial charge in [-0.1, -0.05) is 42.9 Å². The average molecular weight is 483 g/mol. The Hall–Kier alpha value is -2.49. The Kier molecular flexibility index (Phi) is 8.75. The molecule has 1 nitrogen and oxygen atoms in total. The molecule has 0 spiro atoms. The van der Waals surface area contributed by atoms with Gasteiger partial charge in [0.15, 0.2) is 17.4 Å². The fourth-order valence-electron chi connectivity index (χ4n) is 6.15. The molecule has 4 heteroatoms. The van der Waals surface area contributed by atoms with Crippen LogP contribution in [0.5, 0.6) is 5.75 Å². The van der Waals surface area contributed by atoms with Crippen LogP contribution < -0.4 is 4.74 Å². The second-order valence-corrected chi connectivity index (χ2v) is 10.2. The first-order valence-corrected chi connectivity index (χ1v) is 13.1. The Morgan fingerprint density at radius 1 is 0.829 bits per heavy atom. The van der Waals surface area contributed by atoms with E-state index in [4.69, 9.17) is 4.74 Å². The highest BCUT2D eigenvalue weighted by atomic mass is 19.1. The largest absolute Gasteiger partial charge is 0.483 e. The molecule has 4 unspecified atom stereocenters. The summed E-state index contributed by atoms with van der Waals surface area (Å²) in [5.74, 6) is 0.222. The topological polar surface area (TPSA) is 9.23 Å². The standard InChI is InChI=1S/C31H37F3O/c1-3-5-7-8-21-9-10-23-17-24(12-11-22(23)16-21)25-13-14-27(28(32)18-25)26-19-29(33)31(30(34)20-26)35-15-6-4-2/h3-6,13-14,18-24H,7-12,15-17H2,1-2H3/b5-3+,6-4+. The van der Waals surface area contributed by atoms with Crippen LogP contribution in [0.25, 0.3) is 11.1 Å². The predicted molar refractivity (Wildman–Crippen MR) is 137 cm³/mol. The Labute approximate surface area is 208 Å². The smallest absolute Gasteiger partial charge is 0.191 e. The van der Waals surface area contributed by atoms with E-state index in [1.165, 1.54) is 38.5 Å². The molecule has 2 aromatic carbocycles. The van der Waals surface area contributed by atoms with Crippen LogP contribution in [0.1, 0.15) is 76.7 Å². The lowest BCUT2D eigenvalue weighted by Gasteiger charge is -2.42. The molecule has 188 valence electrons. The van der Waals surface area contributed by atoms with Gasteiger partial charge >= 0.3 is 0 Å². The van der Waals surface area contributed by atoms with Gasteiger partial charge < -0.3 is 4.74 Å². The SMILES string of the molecule is C/C=C/CCC1CCC2CC(c3ccc(-c4cc(F)c(OC/C=C/C)c(F)c4)c(F)c3)CCC2C1. The molecule has 4 rings (SSSR count). The minimum absolute atomic E-state index is 0.0762. The molecule has 2 fully saturated rings. The van der Waals surface area contributed by atoms with E-state index in [1.54, 1.807) is 31.2 Å². The molecule has 2 aromatic rings. The number of benzene rings is 2. The lowest BCUT2D eigenvalue weighted by atomic mass is 9.63. The molecule has 0 aromatic heterocycles. The molecule has 0 heterocycles. The Morgan fingerprint density at radius 3 is 2.26 bits per heavy atom. The van der Waals surface area contributed by atoms with Gasteiger partial charge in [-0.3, -0.25) is 0 Å². The Balaban J connectivity index is 1.42. The zero-order valence-electron chi connectivity index (χ0n) is 20.9. The number of halogens is 3. The third-order valence-corrected chi connectivity index (χ3v) is 8.03. The molecule has 2 saturated carbocycles. The lowest BCUT2D eigenvalue weighted by Crippen LogP contribution is -2.30. The summed E-state index contributed by atoms with van der Waals surface area (Å²) in [7, 11) is 0. The molecule has 0 radical (unpaired) electrons. The summed E-state index contributed by atoms with van der Waals surface area (Å²) in [5.41, 5.74) is 1.40. The molecular weight excluding hydrogens is 445 g/mol. The van der Waals surface area contributed by atoms with Gasteiger partial charge in [0, 0.05) is 5.56 Å². The molecular formula is C31H37F3O. The van der Waals surface area contributed by atoms with Crippen molar-refractivity contribution in [1.82, 2.24) is 0 Å². The van der Waals surface area contributed by atoms with Crippen LogP contribution in [-0.2, 0) is 0 Å². The Morgan fingerprint density at radius 2 is 1.54 bits per heavy atom. The highest BCUT2D eigenvalue weighted by Crippen LogP contribution is 2.48. The van der Waals surface area contributed by atoms with Gasteiger partial charge in [-0.25, -0.2) is 13.2 Å². The first-order chi connectivity index (χ1) is 17.0. The van der Waals surface area contributed by atoms with Gasteiger partial charge in [0.1, 0.15) is 12.4 Å². The van der Waals surface area contributed by atoms with E-state index in [2.05, 4.69) is 19.1 Å². The average Bonchev–Trinajstić information content (AvgIpc) is 2.85. The van der Waals surface area contributed by atoms with Gasteiger partial charge in [0.2, 0.25) is 0 Å². The van der Waals surface area contributed by atoms with Crippen molar-refractivity contribution in [2.75, 3.05) is 6.61 Å². The van der Waals surface area contributed by atoms with Crippen molar-refractivity contribution in [3.63, 3.8) is 0 Å². The van der Waals surface area contributed by atoms with Crippen molar-refractivity contribution in [2.45, 2.75) is 71.1 Å². The maximum absolute atomic E-state index is 15.1. The van der Waals surface area contributed by atoms with Crippen molar-refractivity contribution in [3.05, 3.63) is 77.7 Å². The van der Waals surface area contributed by atoms with Gasteiger partial charge in [-0.2, -0.15) is 0 Å². The Bertz CT molecular complexity index is 1030. The quantitative estimate of drug-likeness (QED) is 0.341. The fourth-order valence-corrected chi connectivity index (χ4v) is 6.15. The summed E-state index contributed by atoms with van der Waals surface area (Å²) in [5, 5.41) is 0. The normalized spacial score (nSPS) is 24.7. The maximum Gasteiger partial charge on any atom is 0.191 e. The number of rotatable bonds is 8. The van der Waals surface area contributed by atoms with Crippen molar-refractivity contribution in [2.24, 2.45) is 17.8 Å². The van der Waals surface area contributed by atoms with Crippen molar-refractivity contribution < 1.29 is 17.9 Å². The third kappa shape index (κ3) is 6.20. The van der Waals surface area contributed by atoms with Crippen molar-refractivity contribution >= 4 is 0 Å². The minimum atomic E-state index is -0.826. The molecule has 35 heavy (non-hydrogen) atoms. The van der Waals surface area contributed by atoms with Crippen LogP contribution in [-0.4, -0.2) is 6.61 Å². The summed E-state index contributed by atoms with van der Waals surface area (Å²) >= 11 is 0. The molecule has 2 aliphatic carbocycles. The maximum atomic E-state index is 15.1. The third-order valence-electron chi connectivity index (χ3n) is 8.03. The molecule has 2 aliphatic rings. The van der Waals surface area contributed by atoms with E-state index in [0.29, 0.717) is 5.92 Å². The summed E-state index contributed by atoms with van der Waals surface area (Å²) < 4.78 is 49.3.